The number of aryl methyl sites for hydroxylation is 2. The third kappa shape index (κ3) is 5.34. The second-order valence-electron chi connectivity index (χ2n) is 8.10. The first-order valence-corrected chi connectivity index (χ1v) is 9.08. The van der Waals surface area contributed by atoms with E-state index in [1.165, 1.54) is 11.1 Å². The van der Waals surface area contributed by atoms with E-state index in [9.17, 15) is 4.79 Å². The Labute approximate surface area is 148 Å². The molecule has 2 unspecified atom stereocenters. The van der Waals surface area contributed by atoms with Gasteiger partial charge in [0, 0.05) is 0 Å². The smallest absolute Gasteiger partial charge is 0.326 e. The lowest BCUT2D eigenvalue weighted by atomic mass is 9.80. The van der Waals surface area contributed by atoms with Gasteiger partial charge in [0.05, 0.1) is 0 Å². The second-order valence-corrected chi connectivity index (χ2v) is 8.10. The minimum atomic E-state index is -0.677. The topological polar surface area (TPSA) is 38.3 Å². The number of benzene rings is 1. The second kappa shape index (κ2) is 8.15. The predicted octanol–water partition coefficient (Wildman–Crippen LogP) is 4.83. The fourth-order valence-electron chi connectivity index (χ4n) is 3.25. The van der Waals surface area contributed by atoms with Gasteiger partial charge in [-0.2, -0.15) is 0 Å². The molecular formula is C21H35NO2. The van der Waals surface area contributed by atoms with Gasteiger partial charge in [0.2, 0.25) is 0 Å². The maximum atomic E-state index is 12.8. The molecule has 24 heavy (non-hydrogen) atoms. The molecule has 3 heteroatoms. The zero-order valence-electron chi connectivity index (χ0n) is 16.7. The Bertz CT molecular complexity index is 559. The average Bonchev–Trinajstić information content (AvgIpc) is 2.52. The number of nitrogens with one attached hydrogen (secondary N) is 1. The van der Waals surface area contributed by atoms with Crippen molar-refractivity contribution in [3.63, 3.8) is 0 Å². The van der Waals surface area contributed by atoms with Crippen molar-refractivity contribution in [1.82, 2.24) is 5.32 Å². The summed E-state index contributed by atoms with van der Waals surface area (Å²) in [5.41, 5.74) is 3.13. The highest BCUT2D eigenvalue weighted by Crippen LogP contribution is 2.30. The lowest BCUT2D eigenvalue weighted by Gasteiger charge is -2.34. The normalized spacial score (nSPS) is 15.7. The van der Waals surface area contributed by atoms with E-state index < -0.39 is 5.54 Å². The fourth-order valence-corrected chi connectivity index (χ4v) is 3.25. The number of rotatable bonds is 7. The van der Waals surface area contributed by atoms with Crippen LogP contribution in [0.5, 0.6) is 0 Å². The number of hydrogen-bond acceptors (Lipinski definition) is 3. The monoisotopic (exact) mass is 333 g/mol. The molecule has 1 aromatic rings. The molecule has 0 aliphatic carbocycles. The largest absolute Gasteiger partial charge is 0.456 e. The van der Waals surface area contributed by atoms with Crippen LogP contribution >= 0.6 is 0 Å². The quantitative estimate of drug-likeness (QED) is 0.726. The van der Waals surface area contributed by atoms with Gasteiger partial charge >= 0.3 is 5.97 Å². The van der Waals surface area contributed by atoms with Crippen molar-refractivity contribution >= 4 is 5.97 Å². The number of hydrogen-bond donors (Lipinski definition) is 1. The molecule has 0 aliphatic rings. The van der Waals surface area contributed by atoms with E-state index in [0.717, 1.165) is 24.8 Å². The van der Waals surface area contributed by atoms with E-state index in [4.69, 9.17) is 4.74 Å². The Balaban J connectivity index is 2.93. The van der Waals surface area contributed by atoms with Gasteiger partial charge in [-0.3, -0.25) is 4.79 Å². The highest BCUT2D eigenvalue weighted by Gasteiger charge is 2.38. The van der Waals surface area contributed by atoms with Crippen molar-refractivity contribution in [3.05, 3.63) is 34.9 Å². The summed E-state index contributed by atoms with van der Waals surface area (Å²) in [5, 5.41) is 3.16. The van der Waals surface area contributed by atoms with Crippen molar-refractivity contribution in [3.8, 4) is 0 Å². The van der Waals surface area contributed by atoms with E-state index in [1.54, 1.807) is 0 Å². The summed E-state index contributed by atoms with van der Waals surface area (Å²) in [6.07, 6.45) is 2.50. The highest BCUT2D eigenvalue weighted by atomic mass is 16.5. The Hall–Kier alpha value is -1.35. The zero-order chi connectivity index (χ0) is 18.5. The van der Waals surface area contributed by atoms with E-state index in [0.29, 0.717) is 0 Å². The maximum Gasteiger partial charge on any atom is 0.326 e. The van der Waals surface area contributed by atoms with E-state index >= 15 is 0 Å². The van der Waals surface area contributed by atoms with Crippen LogP contribution in [-0.2, 0) is 22.4 Å². The molecule has 0 aromatic heterocycles. The molecule has 136 valence electrons. The summed E-state index contributed by atoms with van der Waals surface area (Å²) in [4.78, 5) is 12.8. The Morgan fingerprint density at radius 1 is 1.12 bits per heavy atom. The number of carbonyl (C=O) groups is 1. The lowest BCUT2D eigenvalue weighted by Crippen LogP contribution is -2.51. The molecular weight excluding hydrogens is 298 g/mol. The summed E-state index contributed by atoms with van der Waals surface area (Å²) < 4.78 is 5.81. The van der Waals surface area contributed by atoms with Crippen LogP contribution in [0.25, 0.3) is 0 Å². The van der Waals surface area contributed by atoms with E-state index in [2.05, 4.69) is 58.1 Å². The lowest BCUT2D eigenvalue weighted by molar-refractivity contribution is -0.157. The third-order valence-corrected chi connectivity index (χ3v) is 4.63. The first-order chi connectivity index (χ1) is 11.1. The van der Waals surface area contributed by atoms with Crippen LogP contribution in [0.3, 0.4) is 0 Å². The molecule has 3 nitrogen and oxygen atoms in total. The molecule has 0 amide bonds. The minimum Gasteiger partial charge on any atom is -0.456 e. The van der Waals surface area contributed by atoms with Crippen molar-refractivity contribution in [1.29, 1.82) is 0 Å². The molecule has 1 aromatic carbocycles. The molecule has 1 N–H and O–H groups in total. The van der Waals surface area contributed by atoms with Crippen LogP contribution in [0.1, 0.15) is 77.7 Å². The predicted molar refractivity (Wildman–Crippen MR) is 101 cm³/mol. The number of esters is 1. The van der Waals surface area contributed by atoms with Gasteiger partial charge < -0.3 is 10.1 Å². The van der Waals surface area contributed by atoms with Crippen molar-refractivity contribution in [2.24, 2.45) is 5.41 Å². The van der Waals surface area contributed by atoms with E-state index in [-0.39, 0.29) is 17.5 Å². The fraction of sp³-hybridized carbons (Fsp3) is 0.667. The summed E-state index contributed by atoms with van der Waals surface area (Å²) in [7, 11) is 1.82. The van der Waals surface area contributed by atoms with Crippen LogP contribution < -0.4 is 5.32 Å². The summed E-state index contributed by atoms with van der Waals surface area (Å²) >= 11 is 0. The van der Waals surface area contributed by atoms with Crippen molar-refractivity contribution < 1.29 is 9.53 Å². The number of ether oxygens (including phenoxy) is 1. The first-order valence-electron chi connectivity index (χ1n) is 9.08. The van der Waals surface area contributed by atoms with Gasteiger partial charge in [-0.25, -0.2) is 0 Å². The molecule has 0 spiro atoms. The van der Waals surface area contributed by atoms with Crippen LogP contribution in [0.15, 0.2) is 18.2 Å². The van der Waals surface area contributed by atoms with Gasteiger partial charge in [0.25, 0.3) is 0 Å². The van der Waals surface area contributed by atoms with Crippen LogP contribution in [-0.4, -0.2) is 18.6 Å². The SMILES string of the molecule is CCc1ccc(C(C)OC(=O)C(C)(CC(C)(C)C)NC)cc1CC. The molecule has 0 saturated heterocycles. The molecule has 0 radical (unpaired) electrons. The van der Waals surface area contributed by atoms with Gasteiger partial charge in [-0.1, -0.05) is 52.8 Å². The Morgan fingerprint density at radius 2 is 1.71 bits per heavy atom. The Morgan fingerprint density at radius 3 is 2.17 bits per heavy atom. The van der Waals surface area contributed by atoms with Gasteiger partial charge in [-0.15, -0.1) is 0 Å². The van der Waals surface area contributed by atoms with Crippen molar-refractivity contribution in [2.45, 2.75) is 79.4 Å². The molecule has 0 bridgehead atoms. The van der Waals surface area contributed by atoms with Gasteiger partial charge in [-0.05, 0) is 62.3 Å². The molecule has 0 saturated carbocycles. The molecule has 0 fully saturated rings. The van der Waals surface area contributed by atoms with Crippen LogP contribution in [0.4, 0.5) is 0 Å². The minimum absolute atomic E-state index is 0.0399. The third-order valence-electron chi connectivity index (χ3n) is 4.63. The summed E-state index contributed by atoms with van der Waals surface area (Å²) in [5.74, 6) is -0.190. The number of likely N-dealkylation sites (N-methyl/N-ethyl adjacent to an activating group) is 1. The van der Waals surface area contributed by atoms with Crippen molar-refractivity contribution in [2.75, 3.05) is 7.05 Å². The average molecular weight is 334 g/mol. The molecule has 1 rings (SSSR count). The molecule has 0 heterocycles. The van der Waals surface area contributed by atoms with E-state index in [1.807, 2.05) is 20.9 Å². The molecule has 2 atom stereocenters. The van der Waals surface area contributed by atoms with Gasteiger partial charge in [0.1, 0.15) is 11.6 Å². The van der Waals surface area contributed by atoms with Crippen LogP contribution in [0.2, 0.25) is 0 Å². The van der Waals surface area contributed by atoms with Gasteiger partial charge in [0.15, 0.2) is 0 Å². The van der Waals surface area contributed by atoms with Crippen LogP contribution in [0, 0.1) is 5.41 Å². The number of carbonyl (C=O) groups excluding carboxylic acids is 1. The summed E-state index contributed by atoms with van der Waals surface area (Å²) in [6.45, 7) is 14.6. The summed E-state index contributed by atoms with van der Waals surface area (Å²) in [6, 6.07) is 6.42. The first kappa shape index (κ1) is 20.7. The standard InChI is InChI=1S/C21H35NO2/c1-9-16-11-12-18(13-17(16)10-2)15(3)24-19(23)21(7,22-8)14-20(4,5)6/h11-13,15,22H,9-10,14H2,1-8H3. The zero-order valence-corrected chi connectivity index (χ0v) is 16.7. The maximum absolute atomic E-state index is 12.8. The molecule has 0 aliphatic heterocycles. The Kier molecular flexibility index (Phi) is 7.03. The highest BCUT2D eigenvalue weighted by molar-refractivity contribution is 5.80.